The number of pyridine rings is 1. The summed E-state index contributed by atoms with van der Waals surface area (Å²) >= 11 is 5.43. The van der Waals surface area contributed by atoms with E-state index in [0.29, 0.717) is 0 Å². The van der Waals surface area contributed by atoms with Crippen LogP contribution in [0.5, 0.6) is 0 Å². The van der Waals surface area contributed by atoms with Crippen molar-refractivity contribution in [3.05, 3.63) is 22.2 Å². The highest BCUT2D eigenvalue weighted by Crippen LogP contribution is 2.20. The monoisotopic (exact) mass is 157 g/mol. The molecule has 1 aromatic rings. The quantitative estimate of drug-likeness (QED) is 0.499. The van der Waals surface area contributed by atoms with E-state index < -0.39 is 0 Å². The van der Waals surface area contributed by atoms with Gasteiger partial charge in [0.15, 0.2) is 0 Å². The van der Waals surface area contributed by atoms with Crippen LogP contribution in [-0.2, 0) is 0 Å². The molecule has 10 heavy (non-hydrogen) atoms. The highest BCUT2D eigenvalue weighted by molar-refractivity contribution is 6.29. The van der Waals surface area contributed by atoms with E-state index in [9.17, 15) is 4.91 Å². The predicted octanol–water partition coefficient (Wildman–Crippen LogP) is 1.72. The van der Waals surface area contributed by atoms with Gasteiger partial charge in [0.05, 0.1) is 5.69 Å². The molecule has 0 saturated carbocycles. The first-order chi connectivity index (χ1) is 4.74. The Balaban J connectivity index is 3.21. The molecule has 0 saturated heterocycles. The minimum absolute atomic E-state index is 0.0625. The Morgan fingerprint density at radius 3 is 2.80 bits per heavy atom. The molecule has 0 aliphatic rings. The summed E-state index contributed by atoms with van der Waals surface area (Å²) in [5.74, 6) is -0.0625. The van der Waals surface area contributed by atoms with Gasteiger partial charge in [0.2, 0.25) is 5.82 Å². The predicted molar refractivity (Wildman–Crippen MR) is 39.1 cm³/mol. The van der Waals surface area contributed by atoms with E-state index in [2.05, 4.69) is 10.2 Å². The Kier molecular flexibility index (Phi) is 1.82. The molecule has 0 aromatic carbocycles. The molecule has 0 aliphatic heterocycles. The van der Waals surface area contributed by atoms with Gasteiger partial charge >= 0.3 is 0 Å². The van der Waals surface area contributed by atoms with Crippen LogP contribution in [-0.4, -0.2) is 4.98 Å². The first-order valence-electron chi connectivity index (χ1n) is 2.49. The van der Waals surface area contributed by atoms with Gasteiger partial charge in [-0.2, -0.15) is 0 Å². The van der Waals surface area contributed by atoms with Crippen molar-refractivity contribution in [2.24, 2.45) is 5.18 Å². The van der Waals surface area contributed by atoms with E-state index in [0.717, 1.165) is 0 Å². The summed E-state index contributed by atoms with van der Waals surface area (Å²) in [6.45, 7) is 0. The molecule has 0 atom stereocenters. The Bertz CT molecular complexity index is 263. The van der Waals surface area contributed by atoms with Gasteiger partial charge in [-0.1, -0.05) is 11.6 Å². The standard InChI is InChI=1S/C5H4ClN3O/c6-4-2-1-3(7)5(8-4)9-10/h1-2H,7H2. The van der Waals surface area contributed by atoms with Crippen molar-refractivity contribution in [1.82, 2.24) is 4.98 Å². The maximum absolute atomic E-state index is 9.93. The van der Waals surface area contributed by atoms with Crippen molar-refractivity contribution in [3.8, 4) is 0 Å². The SMILES string of the molecule is Nc1ccc(Cl)nc1N=O. The smallest absolute Gasteiger partial charge is 0.221 e. The number of nitrogen functional groups attached to an aromatic ring is 1. The molecule has 0 aliphatic carbocycles. The number of nitrogens with zero attached hydrogens (tertiary/aromatic N) is 2. The van der Waals surface area contributed by atoms with Crippen molar-refractivity contribution < 1.29 is 0 Å². The summed E-state index contributed by atoms with van der Waals surface area (Å²) in [6.07, 6.45) is 0. The third-order valence-electron chi connectivity index (χ3n) is 0.958. The van der Waals surface area contributed by atoms with Gasteiger partial charge in [0, 0.05) is 0 Å². The van der Waals surface area contributed by atoms with Gasteiger partial charge in [-0.05, 0) is 17.3 Å². The Morgan fingerprint density at radius 2 is 2.30 bits per heavy atom. The van der Waals surface area contributed by atoms with Crippen LogP contribution in [0.1, 0.15) is 0 Å². The average molecular weight is 158 g/mol. The van der Waals surface area contributed by atoms with E-state index in [-0.39, 0.29) is 16.7 Å². The summed E-state index contributed by atoms with van der Waals surface area (Å²) in [6, 6.07) is 2.97. The zero-order valence-electron chi connectivity index (χ0n) is 4.91. The Morgan fingerprint density at radius 1 is 1.60 bits per heavy atom. The van der Waals surface area contributed by atoms with Gasteiger partial charge in [0.1, 0.15) is 5.15 Å². The molecule has 0 bridgehead atoms. The molecule has 0 unspecified atom stereocenters. The minimum Gasteiger partial charge on any atom is -0.396 e. The fourth-order valence-corrected chi connectivity index (χ4v) is 0.652. The van der Waals surface area contributed by atoms with Crippen molar-refractivity contribution in [2.75, 3.05) is 5.73 Å². The second-order valence-electron chi connectivity index (χ2n) is 1.64. The van der Waals surface area contributed by atoms with E-state index >= 15 is 0 Å². The molecule has 5 heteroatoms. The summed E-state index contributed by atoms with van der Waals surface area (Å²) in [7, 11) is 0. The first-order valence-corrected chi connectivity index (χ1v) is 2.87. The van der Waals surface area contributed by atoms with Crippen LogP contribution >= 0.6 is 11.6 Å². The van der Waals surface area contributed by atoms with Gasteiger partial charge in [-0.25, -0.2) is 4.98 Å². The molecular weight excluding hydrogens is 154 g/mol. The lowest BCUT2D eigenvalue weighted by molar-refractivity contribution is 1.27. The van der Waals surface area contributed by atoms with Gasteiger partial charge in [-0.3, -0.25) is 0 Å². The highest BCUT2D eigenvalue weighted by Gasteiger charge is 1.99. The first kappa shape index (κ1) is 6.95. The third-order valence-corrected chi connectivity index (χ3v) is 1.17. The lowest BCUT2D eigenvalue weighted by atomic mass is 10.4. The maximum atomic E-state index is 9.93. The van der Waals surface area contributed by atoms with Crippen LogP contribution in [0.4, 0.5) is 11.5 Å². The summed E-state index contributed by atoms with van der Waals surface area (Å²) < 4.78 is 0. The number of hydrogen-bond acceptors (Lipinski definition) is 4. The molecule has 0 spiro atoms. The molecule has 2 N–H and O–H groups in total. The van der Waals surface area contributed by atoms with Crippen LogP contribution in [0.15, 0.2) is 17.3 Å². The summed E-state index contributed by atoms with van der Waals surface area (Å²) in [4.78, 5) is 13.5. The molecule has 0 fully saturated rings. The molecule has 1 rings (SSSR count). The second-order valence-corrected chi connectivity index (χ2v) is 2.03. The number of anilines is 1. The van der Waals surface area contributed by atoms with Crippen LogP contribution in [0.2, 0.25) is 5.15 Å². The normalized spacial score (nSPS) is 9.30. The zero-order chi connectivity index (χ0) is 7.56. The third kappa shape index (κ3) is 1.22. The summed E-state index contributed by atoms with van der Waals surface area (Å²) in [5.41, 5.74) is 5.52. The topological polar surface area (TPSA) is 68.3 Å². The highest BCUT2D eigenvalue weighted by atomic mass is 35.5. The molecule has 0 amide bonds. The number of nitroso groups, excluding NO2 is 1. The fraction of sp³-hybridized carbons (Fsp3) is 0. The molecule has 1 heterocycles. The Labute approximate surface area is 62.0 Å². The van der Waals surface area contributed by atoms with Crippen LogP contribution < -0.4 is 5.73 Å². The number of hydrogen-bond donors (Lipinski definition) is 1. The van der Waals surface area contributed by atoms with Gasteiger partial charge < -0.3 is 5.73 Å². The minimum atomic E-state index is -0.0625. The van der Waals surface area contributed by atoms with Crippen molar-refractivity contribution in [1.29, 1.82) is 0 Å². The molecular formula is C5H4ClN3O. The van der Waals surface area contributed by atoms with E-state index in [4.69, 9.17) is 17.3 Å². The number of nitrogens with two attached hydrogens (primary N) is 1. The van der Waals surface area contributed by atoms with Crippen LogP contribution in [0.25, 0.3) is 0 Å². The largest absolute Gasteiger partial charge is 0.396 e. The molecule has 0 radical (unpaired) electrons. The lowest BCUT2D eigenvalue weighted by Crippen LogP contribution is -1.86. The van der Waals surface area contributed by atoms with E-state index in [1.54, 1.807) is 0 Å². The number of aromatic nitrogens is 1. The van der Waals surface area contributed by atoms with Crippen molar-refractivity contribution in [2.45, 2.75) is 0 Å². The van der Waals surface area contributed by atoms with E-state index in [1.165, 1.54) is 12.1 Å². The number of halogens is 1. The fourth-order valence-electron chi connectivity index (χ4n) is 0.509. The van der Waals surface area contributed by atoms with Crippen LogP contribution in [0, 0.1) is 4.91 Å². The summed E-state index contributed by atoms with van der Waals surface area (Å²) in [5, 5.41) is 2.77. The lowest BCUT2D eigenvalue weighted by Gasteiger charge is -1.93. The van der Waals surface area contributed by atoms with Gasteiger partial charge in [0.25, 0.3) is 0 Å². The van der Waals surface area contributed by atoms with Gasteiger partial charge in [-0.15, -0.1) is 4.91 Å². The zero-order valence-corrected chi connectivity index (χ0v) is 5.67. The number of rotatable bonds is 1. The van der Waals surface area contributed by atoms with Crippen molar-refractivity contribution in [3.63, 3.8) is 0 Å². The second kappa shape index (κ2) is 2.62. The van der Waals surface area contributed by atoms with Crippen LogP contribution in [0.3, 0.4) is 0 Å². The van der Waals surface area contributed by atoms with Crippen molar-refractivity contribution >= 4 is 23.1 Å². The molecule has 1 aromatic heterocycles. The maximum Gasteiger partial charge on any atom is 0.221 e. The molecule has 52 valence electrons. The molecule has 4 nitrogen and oxygen atoms in total. The van der Waals surface area contributed by atoms with E-state index in [1.807, 2.05) is 0 Å². The average Bonchev–Trinajstić information content (AvgIpc) is 1.94. The Hall–Kier alpha value is -1.16.